The topological polar surface area (TPSA) is 62.9 Å². The van der Waals surface area contributed by atoms with Gasteiger partial charge in [0.15, 0.2) is 0 Å². The maximum Gasteiger partial charge on any atom is 0.114 e. The summed E-state index contributed by atoms with van der Waals surface area (Å²) in [5.74, 6) is 1.49. The lowest BCUT2D eigenvalue weighted by molar-refractivity contribution is 0.527. The summed E-state index contributed by atoms with van der Waals surface area (Å²) in [6.45, 7) is 1.89. The zero-order valence-corrected chi connectivity index (χ0v) is 7.60. The van der Waals surface area contributed by atoms with Crippen LogP contribution in [0.3, 0.4) is 0 Å². The van der Waals surface area contributed by atoms with Crippen molar-refractivity contribution in [3.63, 3.8) is 0 Å². The zero-order chi connectivity index (χ0) is 8.97. The van der Waals surface area contributed by atoms with E-state index in [0.29, 0.717) is 5.75 Å². The van der Waals surface area contributed by atoms with Crippen molar-refractivity contribution in [2.24, 2.45) is 5.73 Å². The SMILES string of the molecule is Cc1occc1SCC(N)C#N. The average molecular weight is 182 g/mol. The van der Waals surface area contributed by atoms with E-state index >= 15 is 0 Å². The summed E-state index contributed by atoms with van der Waals surface area (Å²) in [6, 6.07) is 3.45. The molecule has 64 valence electrons. The van der Waals surface area contributed by atoms with Crippen LogP contribution in [0.5, 0.6) is 0 Å². The van der Waals surface area contributed by atoms with Crippen LogP contribution >= 0.6 is 11.8 Å². The number of aryl methyl sites for hydroxylation is 1. The number of furan rings is 1. The number of nitrogens with two attached hydrogens (primary N) is 1. The number of rotatable bonds is 3. The third kappa shape index (κ3) is 2.29. The molecule has 1 aromatic heterocycles. The lowest BCUT2D eigenvalue weighted by Gasteiger charge is -2.00. The monoisotopic (exact) mass is 182 g/mol. The fourth-order valence-corrected chi connectivity index (χ4v) is 1.58. The normalized spacial score (nSPS) is 12.4. The molecule has 3 nitrogen and oxygen atoms in total. The van der Waals surface area contributed by atoms with Crippen molar-refractivity contribution < 1.29 is 4.42 Å². The molecule has 0 saturated carbocycles. The van der Waals surface area contributed by atoms with Gasteiger partial charge in [-0.2, -0.15) is 5.26 Å². The molecule has 1 atom stereocenters. The van der Waals surface area contributed by atoms with E-state index < -0.39 is 6.04 Å². The van der Waals surface area contributed by atoms with Crippen LogP contribution in [-0.4, -0.2) is 11.8 Å². The molecule has 0 aliphatic rings. The summed E-state index contributed by atoms with van der Waals surface area (Å²) in [5.41, 5.74) is 5.43. The van der Waals surface area contributed by atoms with E-state index in [9.17, 15) is 0 Å². The van der Waals surface area contributed by atoms with Crippen molar-refractivity contribution >= 4 is 11.8 Å². The molecular formula is C8H10N2OS. The van der Waals surface area contributed by atoms with Gasteiger partial charge in [0, 0.05) is 10.6 Å². The molecule has 0 bridgehead atoms. The quantitative estimate of drug-likeness (QED) is 0.720. The molecule has 0 fully saturated rings. The Labute approximate surface area is 75.5 Å². The van der Waals surface area contributed by atoms with Gasteiger partial charge in [-0.1, -0.05) is 0 Å². The Bertz CT molecular complexity index is 289. The molecule has 4 heteroatoms. The van der Waals surface area contributed by atoms with Crippen LogP contribution in [0.2, 0.25) is 0 Å². The summed E-state index contributed by atoms with van der Waals surface area (Å²) in [5, 5.41) is 8.42. The largest absolute Gasteiger partial charge is 0.468 e. The minimum absolute atomic E-state index is 0.399. The Morgan fingerprint density at radius 2 is 2.58 bits per heavy atom. The third-order valence-corrected chi connectivity index (χ3v) is 2.66. The second kappa shape index (κ2) is 4.19. The highest BCUT2D eigenvalue weighted by atomic mass is 32.2. The Morgan fingerprint density at radius 1 is 1.83 bits per heavy atom. The fraction of sp³-hybridized carbons (Fsp3) is 0.375. The van der Waals surface area contributed by atoms with Crippen LogP contribution in [0.15, 0.2) is 21.6 Å². The minimum atomic E-state index is -0.399. The van der Waals surface area contributed by atoms with Crippen LogP contribution in [0.25, 0.3) is 0 Å². The molecule has 1 rings (SSSR count). The molecule has 12 heavy (non-hydrogen) atoms. The van der Waals surface area contributed by atoms with Gasteiger partial charge in [0.2, 0.25) is 0 Å². The lowest BCUT2D eigenvalue weighted by Crippen LogP contribution is -2.19. The molecule has 2 N–H and O–H groups in total. The summed E-state index contributed by atoms with van der Waals surface area (Å²) in [6.07, 6.45) is 1.63. The highest BCUT2D eigenvalue weighted by Gasteiger charge is 2.04. The molecular weight excluding hydrogens is 172 g/mol. The van der Waals surface area contributed by atoms with E-state index in [4.69, 9.17) is 15.4 Å². The Balaban J connectivity index is 2.44. The maximum atomic E-state index is 8.42. The Hall–Kier alpha value is -0.920. The highest BCUT2D eigenvalue weighted by Crippen LogP contribution is 2.22. The van der Waals surface area contributed by atoms with Gasteiger partial charge >= 0.3 is 0 Å². The summed E-state index contributed by atoms with van der Waals surface area (Å²) in [7, 11) is 0. The third-order valence-electron chi connectivity index (χ3n) is 1.40. The maximum absolute atomic E-state index is 8.42. The second-order valence-corrected chi connectivity index (χ2v) is 3.45. The van der Waals surface area contributed by atoms with Gasteiger partial charge in [-0.25, -0.2) is 0 Å². The summed E-state index contributed by atoms with van der Waals surface area (Å²) >= 11 is 1.55. The van der Waals surface area contributed by atoms with E-state index in [1.807, 2.05) is 19.1 Å². The van der Waals surface area contributed by atoms with E-state index in [0.717, 1.165) is 10.7 Å². The molecule has 1 aromatic rings. The number of hydrogen-bond acceptors (Lipinski definition) is 4. The molecule has 0 spiro atoms. The lowest BCUT2D eigenvalue weighted by atomic mass is 10.4. The molecule has 0 radical (unpaired) electrons. The Morgan fingerprint density at radius 3 is 3.08 bits per heavy atom. The van der Waals surface area contributed by atoms with Crippen LogP contribution in [0, 0.1) is 18.3 Å². The van der Waals surface area contributed by atoms with E-state index in [1.54, 1.807) is 18.0 Å². The molecule has 0 saturated heterocycles. The first kappa shape index (κ1) is 9.17. The van der Waals surface area contributed by atoms with E-state index in [2.05, 4.69) is 0 Å². The van der Waals surface area contributed by atoms with Crippen molar-refractivity contribution in [3.8, 4) is 6.07 Å². The van der Waals surface area contributed by atoms with Crippen LogP contribution in [0.4, 0.5) is 0 Å². The van der Waals surface area contributed by atoms with E-state index in [-0.39, 0.29) is 0 Å². The van der Waals surface area contributed by atoms with Crippen molar-refractivity contribution in [2.45, 2.75) is 17.9 Å². The van der Waals surface area contributed by atoms with Gasteiger partial charge in [-0.05, 0) is 13.0 Å². The Kier molecular flexibility index (Phi) is 3.20. The first-order valence-electron chi connectivity index (χ1n) is 3.56. The van der Waals surface area contributed by atoms with Gasteiger partial charge < -0.3 is 10.2 Å². The zero-order valence-electron chi connectivity index (χ0n) is 6.78. The van der Waals surface area contributed by atoms with Crippen LogP contribution in [0.1, 0.15) is 5.76 Å². The molecule has 0 aromatic carbocycles. The van der Waals surface area contributed by atoms with Gasteiger partial charge in [-0.15, -0.1) is 11.8 Å². The van der Waals surface area contributed by atoms with Crippen molar-refractivity contribution in [3.05, 3.63) is 18.1 Å². The van der Waals surface area contributed by atoms with Crippen LogP contribution < -0.4 is 5.73 Å². The highest BCUT2D eigenvalue weighted by molar-refractivity contribution is 7.99. The smallest absolute Gasteiger partial charge is 0.114 e. The van der Waals surface area contributed by atoms with E-state index in [1.165, 1.54) is 0 Å². The van der Waals surface area contributed by atoms with Gasteiger partial charge in [0.25, 0.3) is 0 Å². The average Bonchev–Trinajstić information content (AvgIpc) is 2.47. The first-order valence-corrected chi connectivity index (χ1v) is 4.54. The first-order chi connectivity index (χ1) is 5.74. The standard InChI is InChI=1S/C8H10N2OS/c1-6-8(2-3-11-6)12-5-7(10)4-9/h2-3,7H,5,10H2,1H3. The van der Waals surface area contributed by atoms with Crippen molar-refractivity contribution in [1.29, 1.82) is 5.26 Å². The summed E-state index contributed by atoms with van der Waals surface area (Å²) < 4.78 is 5.09. The van der Waals surface area contributed by atoms with Crippen molar-refractivity contribution in [1.82, 2.24) is 0 Å². The van der Waals surface area contributed by atoms with Crippen LogP contribution in [-0.2, 0) is 0 Å². The van der Waals surface area contributed by atoms with Gasteiger partial charge in [-0.3, -0.25) is 0 Å². The van der Waals surface area contributed by atoms with Gasteiger partial charge in [0.1, 0.15) is 11.8 Å². The molecule has 1 heterocycles. The second-order valence-electron chi connectivity index (χ2n) is 2.39. The number of nitrogens with zero attached hydrogens (tertiary/aromatic N) is 1. The molecule has 0 amide bonds. The number of nitriles is 1. The predicted molar refractivity (Wildman–Crippen MR) is 47.8 cm³/mol. The van der Waals surface area contributed by atoms with Gasteiger partial charge in [0.05, 0.1) is 12.3 Å². The predicted octanol–water partition coefficient (Wildman–Crippen LogP) is 1.53. The molecule has 0 aliphatic heterocycles. The fourth-order valence-electron chi connectivity index (χ4n) is 0.740. The molecule has 0 aliphatic carbocycles. The van der Waals surface area contributed by atoms with Crippen molar-refractivity contribution in [2.75, 3.05) is 5.75 Å². The number of thioether (sulfide) groups is 1. The summed E-state index contributed by atoms with van der Waals surface area (Å²) in [4.78, 5) is 1.06. The molecule has 1 unspecified atom stereocenters. The number of hydrogen-bond donors (Lipinski definition) is 1. The minimum Gasteiger partial charge on any atom is -0.468 e.